The van der Waals surface area contributed by atoms with Crippen molar-refractivity contribution in [3.8, 4) is 22.5 Å². The van der Waals surface area contributed by atoms with Crippen molar-refractivity contribution in [2.45, 2.75) is 0 Å². The topological polar surface area (TPSA) is 84.7 Å². The fourth-order valence-corrected chi connectivity index (χ4v) is 2.94. The number of aromatic nitrogens is 3. The summed E-state index contributed by atoms with van der Waals surface area (Å²) in [5.74, 6) is -0.479. The number of benzene rings is 2. The summed E-state index contributed by atoms with van der Waals surface area (Å²) < 4.78 is 0. The summed E-state index contributed by atoms with van der Waals surface area (Å²) in [5.41, 5.74) is 9.93. The van der Waals surface area contributed by atoms with Crippen LogP contribution in [0.15, 0.2) is 66.9 Å². The van der Waals surface area contributed by atoms with E-state index in [1.54, 1.807) is 6.20 Å². The molecule has 116 valence electrons. The Morgan fingerprint density at radius 3 is 2.42 bits per heavy atom. The van der Waals surface area contributed by atoms with Crippen molar-refractivity contribution in [2.24, 2.45) is 5.73 Å². The van der Waals surface area contributed by atoms with Crippen molar-refractivity contribution in [1.29, 1.82) is 0 Å². The highest BCUT2D eigenvalue weighted by molar-refractivity contribution is 6.13. The molecule has 0 aliphatic rings. The number of nitrogens with zero attached hydrogens (tertiary/aromatic N) is 2. The van der Waals surface area contributed by atoms with Crippen LogP contribution in [0.2, 0.25) is 0 Å². The molecule has 0 unspecified atom stereocenters. The van der Waals surface area contributed by atoms with Gasteiger partial charge in [0.25, 0.3) is 0 Å². The second-order valence-electron chi connectivity index (χ2n) is 5.43. The van der Waals surface area contributed by atoms with Gasteiger partial charge in [-0.2, -0.15) is 5.10 Å². The fraction of sp³-hybridized carbons (Fsp3) is 0. The molecule has 2 aromatic heterocycles. The lowest BCUT2D eigenvalue weighted by molar-refractivity contribution is 0.100. The zero-order valence-corrected chi connectivity index (χ0v) is 12.7. The third kappa shape index (κ3) is 2.23. The Labute approximate surface area is 138 Å². The SMILES string of the molecule is NC(=O)c1c(-c2ccccc2)c(-c2ccn[nH]2)nc2ccccc12. The van der Waals surface area contributed by atoms with Gasteiger partial charge in [-0.05, 0) is 17.7 Å². The molecule has 0 atom stereocenters. The van der Waals surface area contributed by atoms with E-state index in [1.807, 2.05) is 60.7 Å². The Hall–Kier alpha value is -3.47. The molecule has 0 fully saturated rings. The predicted octanol–water partition coefficient (Wildman–Crippen LogP) is 3.39. The largest absolute Gasteiger partial charge is 0.366 e. The molecule has 1 amide bonds. The number of hydrogen-bond acceptors (Lipinski definition) is 3. The molecule has 4 aromatic rings. The molecule has 0 saturated heterocycles. The molecule has 2 heterocycles. The molecule has 5 nitrogen and oxygen atoms in total. The van der Waals surface area contributed by atoms with Gasteiger partial charge in [-0.1, -0.05) is 48.5 Å². The molecule has 2 aromatic carbocycles. The number of carbonyl (C=O) groups excluding carboxylic acids is 1. The maximum absolute atomic E-state index is 12.3. The summed E-state index contributed by atoms with van der Waals surface area (Å²) in [4.78, 5) is 17.1. The Morgan fingerprint density at radius 1 is 0.958 bits per heavy atom. The normalized spacial score (nSPS) is 10.8. The number of aromatic amines is 1. The van der Waals surface area contributed by atoms with E-state index in [9.17, 15) is 4.79 Å². The Morgan fingerprint density at radius 2 is 1.71 bits per heavy atom. The van der Waals surface area contributed by atoms with E-state index < -0.39 is 5.91 Å². The molecule has 3 N–H and O–H groups in total. The minimum Gasteiger partial charge on any atom is -0.366 e. The molecule has 24 heavy (non-hydrogen) atoms. The summed E-state index contributed by atoms with van der Waals surface area (Å²) in [7, 11) is 0. The van der Waals surface area contributed by atoms with E-state index in [2.05, 4.69) is 10.2 Å². The smallest absolute Gasteiger partial charge is 0.250 e. The second kappa shape index (κ2) is 5.62. The maximum Gasteiger partial charge on any atom is 0.250 e. The average molecular weight is 314 g/mol. The third-order valence-electron chi connectivity index (χ3n) is 3.96. The zero-order valence-electron chi connectivity index (χ0n) is 12.7. The minimum atomic E-state index is -0.479. The lowest BCUT2D eigenvalue weighted by Gasteiger charge is -2.15. The molecular weight excluding hydrogens is 300 g/mol. The maximum atomic E-state index is 12.3. The van der Waals surface area contributed by atoms with Gasteiger partial charge in [-0.25, -0.2) is 4.98 Å². The summed E-state index contributed by atoms with van der Waals surface area (Å²) in [5, 5.41) is 7.68. The summed E-state index contributed by atoms with van der Waals surface area (Å²) >= 11 is 0. The first-order valence-corrected chi connectivity index (χ1v) is 7.53. The molecule has 0 aliphatic carbocycles. The number of primary amides is 1. The number of carbonyl (C=O) groups is 1. The lowest BCUT2D eigenvalue weighted by atomic mass is 9.93. The van der Waals surface area contributed by atoms with Crippen LogP contribution in [0, 0.1) is 0 Å². The Balaban J connectivity index is 2.19. The first-order valence-electron chi connectivity index (χ1n) is 7.53. The third-order valence-corrected chi connectivity index (χ3v) is 3.96. The van der Waals surface area contributed by atoms with Gasteiger partial charge in [0.05, 0.1) is 22.5 Å². The number of hydrogen-bond donors (Lipinski definition) is 2. The van der Waals surface area contributed by atoms with Crippen LogP contribution < -0.4 is 5.73 Å². The standard InChI is InChI=1S/C19H14N4O/c20-19(24)17-13-8-4-5-9-14(13)22-18(15-10-11-21-23-15)16(17)12-6-2-1-3-7-12/h1-11H,(H2,20,24)(H,21,23). The van der Waals surface area contributed by atoms with Gasteiger partial charge >= 0.3 is 0 Å². The van der Waals surface area contributed by atoms with Crippen LogP contribution >= 0.6 is 0 Å². The number of rotatable bonds is 3. The molecular formula is C19H14N4O. The molecule has 0 radical (unpaired) electrons. The minimum absolute atomic E-state index is 0.469. The predicted molar refractivity (Wildman–Crippen MR) is 93.3 cm³/mol. The highest BCUT2D eigenvalue weighted by Gasteiger charge is 2.21. The van der Waals surface area contributed by atoms with Crippen molar-refractivity contribution >= 4 is 16.8 Å². The zero-order chi connectivity index (χ0) is 16.5. The number of amides is 1. The van der Waals surface area contributed by atoms with E-state index in [1.165, 1.54) is 0 Å². The fourth-order valence-electron chi connectivity index (χ4n) is 2.94. The highest BCUT2D eigenvalue weighted by Crippen LogP contribution is 2.36. The van der Waals surface area contributed by atoms with Crippen molar-refractivity contribution in [1.82, 2.24) is 15.2 Å². The molecule has 0 bridgehead atoms. The van der Waals surface area contributed by atoms with Crippen molar-refractivity contribution in [3.05, 3.63) is 72.4 Å². The van der Waals surface area contributed by atoms with Crippen molar-refractivity contribution < 1.29 is 4.79 Å². The van der Waals surface area contributed by atoms with Crippen LogP contribution in [0.3, 0.4) is 0 Å². The number of fused-ring (bicyclic) bond motifs is 1. The number of nitrogens with one attached hydrogen (secondary N) is 1. The van der Waals surface area contributed by atoms with Crippen molar-refractivity contribution in [3.63, 3.8) is 0 Å². The van der Waals surface area contributed by atoms with E-state index >= 15 is 0 Å². The van der Waals surface area contributed by atoms with E-state index in [0.717, 1.165) is 22.2 Å². The van der Waals surface area contributed by atoms with Gasteiger partial charge in [0.1, 0.15) is 0 Å². The molecule has 0 saturated carbocycles. The number of H-pyrrole nitrogens is 1. The molecule has 4 rings (SSSR count). The van der Waals surface area contributed by atoms with Crippen LogP contribution in [0.4, 0.5) is 0 Å². The quantitative estimate of drug-likeness (QED) is 0.608. The Bertz CT molecular complexity index is 1020. The Kier molecular flexibility index (Phi) is 3.31. The number of nitrogens with two attached hydrogens (primary N) is 1. The van der Waals surface area contributed by atoms with Gasteiger partial charge in [0.2, 0.25) is 5.91 Å². The van der Waals surface area contributed by atoms with Crippen LogP contribution in [-0.2, 0) is 0 Å². The van der Waals surface area contributed by atoms with Crippen LogP contribution in [0.25, 0.3) is 33.4 Å². The second-order valence-corrected chi connectivity index (χ2v) is 5.43. The van der Waals surface area contributed by atoms with E-state index in [-0.39, 0.29) is 0 Å². The first kappa shape index (κ1) is 14.1. The summed E-state index contributed by atoms with van der Waals surface area (Å²) in [6.07, 6.45) is 1.66. The summed E-state index contributed by atoms with van der Waals surface area (Å²) in [6, 6.07) is 19.0. The number of pyridine rings is 1. The number of para-hydroxylation sites is 1. The van der Waals surface area contributed by atoms with Gasteiger partial charge in [0.15, 0.2) is 0 Å². The van der Waals surface area contributed by atoms with E-state index in [4.69, 9.17) is 10.7 Å². The molecule has 0 spiro atoms. The highest BCUT2D eigenvalue weighted by atomic mass is 16.1. The van der Waals surface area contributed by atoms with Gasteiger partial charge in [0, 0.05) is 17.1 Å². The summed E-state index contributed by atoms with van der Waals surface area (Å²) in [6.45, 7) is 0. The first-order chi connectivity index (χ1) is 11.8. The molecule has 0 aliphatic heterocycles. The lowest BCUT2D eigenvalue weighted by Crippen LogP contribution is -2.14. The molecule has 5 heteroatoms. The van der Waals surface area contributed by atoms with Crippen LogP contribution in [0.5, 0.6) is 0 Å². The van der Waals surface area contributed by atoms with Crippen LogP contribution in [-0.4, -0.2) is 21.1 Å². The van der Waals surface area contributed by atoms with E-state index in [0.29, 0.717) is 16.8 Å². The van der Waals surface area contributed by atoms with Crippen molar-refractivity contribution in [2.75, 3.05) is 0 Å². The van der Waals surface area contributed by atoms with Gasteiger partial charge in [-0.15, -0.1) is 0 Å². The van der Waals surface area contributed by atoms with Gasteiger partial charge in [-0.3, -0.25) is 9.89 Å². The van der Waals surface area contributed by atoms with Gasteiger partial charge < -0.3 is 5.73 Å². The monoisotopic (exact) mass is 314 g/mol. The van der Waals surface area contributed by atoms with Crippen LogP contribution in [0.1, 0.15) is 10.4 Å². The average Bonchev–Trinajstić information content (AvgIpc) is 3.15.